The molecule has 0 radical (unpaired) electrons. The summed E-state index contributed by atoms with van der Waals surface area (Å²) in [4.78, 5) is 11.4. The highest BCUT2D eigenvalue weighted by Crippen LogP contribution is 2.35. The molecule has 11 nitrogen and oxygen atoms in total. The number of aliphatic hydroxyl groups excluding tert-OH is 1. The van der Waals surface area contributed by atoms with Gasteiger partial charge < -0.3 is 35.5 Å². The van der Waals surface area contributed by atoms with Crippen LogP contribution in [-0.4, -0.2) is 73.7 Å². The van der Waals surface area contributed by atoms with E-state index in [1.165, 1.54) is 18.2 Å². The lowest BCUT2D eigenvalue weighted by Gasteiger charge is -2.31. The van der Waals surface area contributed by atoms with Gasteiger partial charge in [0.05, 0.1) is 17.0 Å². The second-order valence-corrected chi connectivity index (χ2v) is 10.2. The number of sulfonamides is 1. The molecule has 2 atom stereocenters. The molecule has 3 rings (SSSR count). The average Bonchev–Trinajstić information content (AvgIpc) is 3.29. The van der Waals surface area contributed by atoms with Gasteiger partial charge in [-0.25, -0.2) is 13.2 Å². The topological polar surface area (TPSA) is 161 Å². The largest absolute Gasteiger partial charge is 0.492 e. The summed E-state index contributed by atoms with van der Waals surface area (Å²) in [7, 11) is -4.03. The summed E-state index contributed by atoms with van der Waals surface area (Å²) in [6, 6.07) is 9.77. The van der Waals surface area contributed by atoms with Gasteiger partial charge in [0.1, 0.15) is 12.4 Å². The van der Waals surface area contributed by atoms with E-state index in [1.54, 1.807) is 38.1 Å². The van der Waals surface area contributed by atoms with E-state index < -0.39 is 34.3 Å². The minimum atomic E-state index is -4.03. The Labute approximate surface area is 204 Å². The molecule has 35 heavy (non-hydrogen) atoms. The molecule has 2 aromatic rings. The number of nitrogens with zero attached hydrogens (tertiary/aromatic N) is 1. The minimum Gasteiger partial charge on any atom is -0.492 e. The molecule has 5 N–H and O–H groups in total. The van der Waals surface area contributed by atoms with Crippen LogP contribution in [0.5, 0.6) is 17.2 Å². The van der Waals surface area contributed by atoms with Gasteiger partial charge in [0.25, 0.3) is 0 Å². The first-order valence-electron chi connectivity index (χ1n) is 11.1. The quantitative estimate of drug-likeness (QED) is 0.331. The molecule has 192 valence electrons. The van der Waals surface area contributed by atoms with Gasteiger partial charge >= 0.3 is 6.09 Å². The van der Waals surface area contributed by atoms with E-state index in [0.29, 0.717) is 30.4 Å². The number of hydrogen-bond acceptors (Lipinski definition) is 8. The number of rotatable bonds is 12. The van der Waals surface area contributed by atoms with E-state index >= 15 is 0 Å². The predicted molar refractivity (Wildman–Crippen MR) is 127 cm³/mol. The number of benzene rings is 2. The van der Waals surface area contributed by atoms with Crippen LogP contribution in [0.25, 0.3) is 0 Å². The average molecular weight is 510 g/mol. The molecule has 0 saturated heterocycles. The van der Waals surface area contributed by atoms with Gasteiger partial charge in [-0.3, -0.25) is 0 Å². The molecule has 0 unspecified atom stereocenters. The number of carboxylic acid groups (broad SMARTS) is 1. The van der Waals surface area contributed by atoms with Crippen LogP contribution < -0.4 is 25.3 Å². The number of fused-ring (bicyclic) bond motifs is 1. The van der Waals surface area contributed by atoms with Crippen molar-refractivity contribution in [3.8, 4) is 17.2 Å². The Balaban J connectivity index is 1.78. The van der Waals surface area contributed by atoms with Crippen molar-refractivity contribution in [2.45, 2.75) is 43.4 Å². The molecule has 2 aromatic carbocycles. The van der Waals surface area contributed by atoms with Crippen molar-refractivity contribution in [2.75, 3.05) is 26.5 Å². The Kier molecular flexibility index (Phi) is 8.78. The molecular formula is C23H31N3O8S. The maximum atomic E-state index is 13.4. The third kappa shape index (κ3) is 6.75. The highest BCUT2D eigenvalue weighted by molar-refractivity contribution is 7.89. The third-order valence-corrected chi connectivity index (χ3v) is 7.47. The van der Waals surface area contributed by atoms with Crippen molar-refractivity contribution in [1.82, 2.24) is 9.62 Å². The standard InChI is InChI=1S/C23H31N3O8S/c1-15(2)26(35(30,31)18-7-8-21-22(12-18)34-14-33-21)13-20(27)19(25-23(28)29)11-16-3-5-17(6-4-16)32-10-9-24/h3-8,12,15,19-20,25,27H,9-11,13-14,24H2,1-2H3,(H,28,29)/t19-,20+/m0/s1. The number of hydrogen-bond donors (Lipinski definition) is 4. The van der Waals surface area contributed by atoms with Gasteiger partial charge in [-0.05, 0) is 50.1 Å². The lowest BCUT2D eigenvalue weighted by molar-refractivity contribution is 0.0946. The van der Waals surface area contributed by atoms with Crippen LogP contribution in [0.15, 0.2) is 47.4 Å². The van der Waals surface area contributed by atoms with Crippen molar-refractivity contribution >= 4 is 16.1 Å². The molecule has 0 aromatic heterocycles. The van der Waals surface area contributed by atoms with Crippen LogP contribution in [-0.2, 0) is 16.4 Å². The summed E-state index contributed by atoms with van der Waals surface area (Å²) in [5.74, 6) is 1.38. The Bertz CT molecular complexity index is 1110. The maximum Gasteiger partial charge on any atom is 0.404 e. The molecule has 1 amide bonds. The molecule has 1 heterocycles. The zero-order chi connectivity index (χ0) is 25.6. The molecule has 0 spiro atoms. The highest BCUT2D eigenvalue weighted by atomic mass is 32.2. The fraction of sp³-hybridized carbons (Fsp3) is 0.435. The fourth-order valence-corrected chi connectivity index (χ4v) is 5.34. The Morgan fingerprint density at radius 2 is 1.86 bits per heavy atom. The Morgan fingerprint density at radius 3 is 2.49 bits per heavy atom. The first-order chi connectivity index (χ1) is 16.6. The van der Waals surface area contributed by atoms with Crippen molar-refractivity contribution in [2.24, 2.45) is 5.73 Å². The minimum absolute atomic E-state index is 0.00804. The highest BCUT2D eigenvalue weighted by Gasteiger charge is 2.33. The van der Waals surface area contributed by atoms with Gasteiger partial charge in [0.2, 0.25) is 16.8 Å². The van der Waals surface area contributed by atoms with Crippen LogP contribution in [0.4, 0.5) is 4.79 Å². The van der Waals surface area contributed by atoms with Crippen LogP contribution in [0.3, 0.4) is 0 Å². The van der Waals surface area contributed by atoms with Gasteiger partial charge in [-0.1, -0.05) is 12.1 Å². The van der Waals surface area contributed by atoms with Crippen LogP contribution in [0.2, 0.25) is 0 Å². The zero-order valence-electron chi connectivity index (χ0n) is 19.6. The molecule has 0 aliphatic carbocycles. The molecule has 0 bridgehead atoms. The first-order valence-corrected chi connectivity index (χ1v) is 12.6. The normalized spacial score (nSPS) is 14.7. The molecule has 0 fully saturated rings. The maximum absolute atomic E-state index is 13.4. The van der Waals surface area contributed by atoms with Gasteiger partial charge in [-0.2, -0.15) is 4.31 Å². The van der Waals surface area contributed by atoms with E-state index in [1.807, 2.05) is 0 Å². The smallest absolute Gasteiger partial charge is 0.404 e. The molecule has 12 heteroatoms. The summed E-state index contributed by atoms with van der Waals surface area (Å²) < 4.78 is 43.9. The summed E-state index contributed by atoms with van der Waals surface area (Å²) in [6.07, 6.45) is -2.52. The first kappa shape index (κ1) is 26.5. The molecular weight excluding hydrogens is 478 g/mol. The Hall–Kier alpha value is -3.06. The number of aliphatic hydroxyl groups is 1. The fourth-order valence-electron chi connectivity index (χ4n) is 3.67. The van der Waals surface area contributed by atoms with Gasteiger partial charge in [-0.15, -0.1) is 0 Å². The van der Waals surface area contributed by atoms with Gasteiger partial charge in [0, 0.05) is 25.2 Å². The molecule has 1 aliphatic heterocycles. The van der Waals surface area contributed by atoms with E-state index in [2.05, 4.69) is 5.32 Å². The summed E-state index contributed by atoms with van der Waals surface area (Å²) in [5, 5.41) is 22.6. The van der Waals surface area contributed by atoms with Crippen molar-refractivity contribution in [1.29, 1.82) is 0 Å². The number of nitrogens with one attached hydrogen (secondary N) is 1. The van der Waals surface area contributed by atoms with Crippen LogP contribution in [0, 0.1) is 0 Å². The number of carbonyl (C=O) groups is 1. The van der Waals surface area contributed by atoms with E-state index in [4.69, 9.17) is 19.9 Å². The van der Waals surface area contributed by atoms with E-state index in [9.17, 15) is 23.4 Å². The summed E-state index contributed by atoms with van der Waals surface area (Å²) in [6.45, 7) is 3.78. The number of nitrogens with two attached hydrogens (primary N) is 1. The molecule has 0 saturated carbocycles. The number of amides is 1. The zero-order valence-corrected chi connectivity index (χ0v) is 20.4. The van der Waals surface area contributed by atoms with Crippen LogP contribution in [0.1, 0.15) is 19.4 Å². The van der Waals surface area contributed by atoms with Crippen LogP contribution >= 0.6 is 0 Å². The second kappa shape index (κ2) is 11.6. The Morgan fingerprint density at radius 1 is 1.17 bits per heavy atom. The third-order valence-electron chi connectivity index (χ3n) is 5.43. The second-order valence-electron chi connectivity index (χ2n) is 8.29. The van der Waals surface area contributed by atoms with Crippen molar-refractivity contribution in [3.05, 3.63) is 48.0 Å². The van der Waals surface area contributed by atoms with Crippen molar-refractivity contribution < 1.29 is 37.6 Å². The van der Waals surface area contributed by atoms with Gasteiger partial charge in [0.15, 0.2) is 11.5 Å². The predicted octanol–water partition coefficient (Wildman–Crippen LogP) is 1.39. The molecule has 1 aliphatic rings. The van der Waals surface area contributed by atoms with E-state index in [-0.39, 0.29) is 24.7 Å². The van der Waals surface area contributed by atoms with E-state index in [0.717, 1.165) is 9.87 Å². The summed E-state index contributed by atoms with van der Waals surface area (Å²) in [5.41, 5.74) is 6.16. The summed E-state index contributed by atoms with van der Waals surface area (Å²) >= 11 is 0. The lowest BCUT2D eigenvalue weighted by atomic mass is 10.0. The SMILES string of the molecule is CC(C)N(C[C@@H](O)[C@H](Cc1ccc(OCCN)cc1)NC(=O)O)S(=O)(=O)c1ccc2c(c1)OCO2. The van der Waals surface area contributed by atoms with Crippen molar-refractivity contribution in [3.63, 3.8) is 0 Å². The monoisotopic (exact) mass is 509 g/mol. The lowest BCUT2D eigenvalue weighted by Crippen LogP contribution is -2.51. The number of ether oxygens (including phenoxy) is 3.